The molecular formula is C9H10FN. The van der Waals surface area contributed by atoms with Crippen LogP contribution >= 0.6 is 0 Å². The summed E-state index contributed by atoms with van der Waals surface area (Å²) in [5, 5.41) is 0. The topological polar surface area (TPSA) is 12.4 Å². The molecular weight excluding hydrogens is 141 g/mol. The number of benzene rings is 1. The molecule has 1 rings (SSSR count). The number of aliphatic imine (C=N–C) groups is 1. The largest absolute Gasteiger partial charge is 0.293 e. The van der Waals surface area contributed by atoms with E-state index >= 15 is 0 Å². The van der Waals surface area contributed by atoms with Gasteiger partial charge in [0.15, 0.2) is 0 Å². The zero-order valence-corrected chi connectivity index (χ0v) is 6.63. The average molecular weight is 151 g/mol. The maximum atomic E-state index is 12.4. The second kappa shape index (κ2) is 3.28. The normalized spacial score (nSPS) is 11.7. The quantitative estimate of drug-likeness (QED) is 0.546. The van der Waals surface area contributed by atoms with Crippen LogP contribution < -0.4 is 0 Å². The fraction of sp³-hybridized carbons (Fsp3) is 0.222. The summed E-state index contributed by atoms with van der Waals surface area (Å²) in [6, 6.07) is 6.31. The first-order valence-corrected chi connectivity index (χ1v) is 3.43. The molecule has 0 radical (unpaired) electrons. The first kappa shape index (κ1) is 7.92. The standard InChI is InChI=1S/C9H10FN/c1-7(11-2)8-3-5-9(10)6-4-8/h3-6H,1-2H3. The summed E-state index contributed by atoms with van der Waals surface area (Å²) in [4.78, 5) is 3.98. The maximum absolute atomic E-state index is 12.4. The molecule has 0 unspecified atom stereocenters. The third kappa shape index (κ3) is 1.87. The zero-order chi connectivity index (χ0) is 8.27. The summed E-state index contributed by atoms with van der Waals surface area (Å²) in [5.41, 5.74) is 1.89. The van der Waals surface area contributed by atoms with Crippen LogP contribution in [0.15, 0.2) is 29.3 Å². The van der Waals surface area contributed by atoms with Crippen LogP contribution in [0.25, 0.3) is 0 Å². The Morgan fingerprint density at radius 1 is 1.27 bits per heavy atom. The van der Waals surface area contributed by atoms with Crippen molar-refractivity contribution in [3.63, 3.8) is 0 Å². The van der Waals surface area contributed by atoms with Crippen molar-refractivity contribution in [2.75, 3.05) is 7.05 Å². The Morgan fingerprint density at radius 3 is 2.27 bits per heavy atom. The third-order valence-corrected chi connectivity index (χ3v) is 1.60. The van der Waals surface area contributed by atoms with E-state index in [4.69, 9.17) is 0 Å². The lowest BCUT2D eigenvalue weighted by Crippen LogP contribution is -1.93. The van der Waals surface area contributed by atoms with Gasteiger partial charge in [0.2, 0.25) is 0 Å². The van der Waals surface area contributed by atoms with E-state index in [1.807, 2.05) is 6.92 Å². The van der Waals surface area contributed by atoms with Gasteiger partial charge >= 0.3 is 0 Å². The molecule has 0 amide bonds. The molecule has 1 nitrogen and oxygen atoms in total. The molecule has 0 aliphatic heterocycles. The van der Waals surface area contributed by atoms with Gasteiger partial charge in [0.25, 0.3) is 0 Å². The summed E-state index contributed by atoms with van der Waals surface area (Å²) in [7, 11) is 1.72. The minimum absolute atomic E-state index is 0.211. The highest BCUT2D eigenvalue weighted by atomic mass is 19.1. The highest BCUT2D eigenvalue weighted by molar-refractivity contribution is 5.98. The molecule has 0 heterocycles. The maximum Gasteiger partial charge on any atom is 0.123 e. The van der Waals surface area contributed by atoms with Crippen molar-refractivity contribution >= 4 is 5.71 Å². The third-order valence-electron chi connectivity index (χ3n) is 1.60. The number of nitrogens with zero attached hydrogens (tertiary/aromatic N) is 1. The fourth-order valence-electron chi connectivity index (χ4n) is 0.820. The van der Waals surface area contributed by atoms with Crippen LogP contribution in [0.3, 0.4) is 0 Å². The first-order valence-electron chi connectivity index (χ1n) is 3.43. The summed E-state index contributed by atoms with van der Waals surface area (Å²) in [6.07, 6.45) is 0. The SMILES string of the molecule is CN=C(C)c1ccc(F)cc1. The Hall–Kier alpha value is -1.18. The number of hydrogen-bond acceptors (Lipinski definition) is 1. The highest BCUT2D eigenvalue weighted by Crippen LogP contribution is 2.03. The second-order valence-electron chi connectivity index (χ2n) is 2.32. The molecule has 0 saturated carbocycles. The molecule has 0 fully saturated rings. The second-order valence-corrected chi connectivity index (χ2v) is 2.32. The van der Waals surface area contributed by atoms with Crippen LogP contribution in [0.4, 0.5) is 4.39 Å². The van der Waals surface area contributed by atoms with E-state index in [2.05, 4.69) is 4.99 Å². The van der Waals surface area contributed by atoms with Gasteiger partial charge in [0, 0.05) is 12.8 Å². The van der Waals surface area contributed by atoms with E-state index in [-0.39, 0.29) is 5.82 Å². The minimum atomic E-state index is -0.211. The molecule has 0 saturated heterocycles. The number of halogens is 1. The molecule has 0 N–H and O–H groups in total. The lowest BCUT2D eigenvalue weighted by atomic mass is 10.1. The molecule has 0 aromatic heterocycles. The molecule has 11 heavy (non-hydrogen) atoms. The van der Waals surface area contributed by atoms with Gasteiger partial charge in [0.05, 0.1) is 0 Å². The van der Waals surface area contributed by atoms with Crippen molar-refractivity contribution in [1.82, 2.24) is 0 Å². The molecule has 0 aliphatic rings. The van der Waals surface area contributed by atoms with Crippen LogP contribution in [0.1, 0.15) is 12.5 Å². The molecule has 58 valence electrons. The van der Waals surface area contributed by atoms with Crippen LogP contribution in [0.2, 0.25) is 0 Å². The van der Waals surface area contributed by atoms with Crippen molar-refractivity contribution in [1.29, 1.82) is 0 Å². The van der Waals surface area contributed by atoms with Gasteiger partial charge in [-0.05, 0) is 24.6 Å². The van der Waals surface area contributed by atoms with Gasteiger partial charge < -0.3 is 0 Å². The summed E-state index contributed by atoms with van der Waals surface area (Å²) in [5.74, 6) is -0.211. The van der Waals surface area contributed by atoms with E-state index in [1.165, 1.54) is 12.1 Å². The lowest BCUT2D eigenvalue weighted by molar-refractivity contribution is 0.628. The van der Waals surface area contributed by atoms with Gasteiger partial charge in [-0.25, -0.2) is 4.39 Å². The molecule has 1 aromatic carbocycles. The molecule has 0 spiro atoms. The van der Waals surface area contributed by atoms with Gasteiger partial charge in [0.1, 0.15) is 5.82 Å². The van der Waals surface area contributed by atoms with Gasteiger partial charge in [-0.1, -0.05) is 12.1 Å². The Bertz CT molecular complexity index is 261. The molecule has 1 aromatic rings. The smallest absolute Gasteiger partial charge is 0.123 e. The Balaban J connectivity index is 2.99. The van der Waals surface area contributed by atoms with E-state index in [9.17, 15) is 4.39 Å². The highest BCUT2D eigenvalue weighted by Gasteiger charge is 1.94. The predicted molar refractivity (Wildman–Crippen MR) is 44.5 cm³/mol. The van der Waals surface area contributed by atoms with E-state index in [0.717, 1.165) is 11.3 Å². The summed E-state index contributed by atoms with van der Waals surface area (Å²) >= 11 is 0. The van der Waals surface area contributed by atoms with Crippen molar-refractivity contribution in [2.45, 2.75) is 6.92 Å². The Morgan fingerprint density at radius 2 is 1.82 bits per heavy atom. The number of rotatable bonds is 1. The molecule has 0 atom stereocenters. The van der Waals surface area contributed by atoms with E-state index in [1.54, 1.807) is 19.2 Å². The van der Waals surface area contributed by atoms with Crippen molar-refractivity contribution < 1.29 is 4.39 Å². The lowest BCUT2D eigenvalue weighted by Gasteiger charge is -1.97. The van der Waals surface area contributed by atoms with Crippen LogP contribution in [-0.2, 0) is 0 Å². The van der Waals surface area contributed by atoms with Crippen molar-refractivity contribution in [2.24, 2.45) is 4.99 Å². The van der Waals surface area contributed by atoms with Crippen molar-refractivity contribution in [3.8, 4) is 0 Å². The summed E-state index contributed by atoms with van der Waals surface area (Å²) in [6.45, 7) is 1.90. The van der Waals surface area contributed by atoms with Crippen molar-refractivity contribution in [3.05, 3.63) is 35.6 Å². The zero-order valence-electron chi connectivity index (χ0n) is 6.63. The Labute approximate surface area is 65.6 Å². The van der Waals surface area contributed by atoms with Crippen LogP contribution in [-0.4, -0.2) is 12.8 Å². The van der Waals surface area contributed by atoms with Gasteiger partial charge in [-0.15, -0.1) is 0 Å². The molecule has 0 aliphatic carbocycles. The Kier molecular flexibility index (Phi) is 2.36. The minimum Gasteiger partial charge on any atom is -0.293 e. The number of hydrogen-bond donors (Lipinski definition) is 0. The van der Waals surface area contributed by atoms with Gasteiger partial charge in [-0.2, -0.15) is 0 Å². The van der Waals surface area contributed by atoms with Crippen LogP contribution in [0, 0.1) is 5.82 Å². The summed E-state index contributed by atoms with van der Waals surface area (Å²) < 4.78 is 12.4. The average Bonchev–Trinajstić information content (AvgIpc) is 2.05. The molecule has 2 heteroatoms. The van der Waals surface area contributed by atoms with Gasteiger partial charge in [-0.3, -0.25) is 4.99 Å². The monoisotopic (exact) mass is 151 g/mol. The first-order chi connectivity index (χ1) is 5.24. The van der Waals surface area contributed by atoms with E-state index in [0.29, 0.717) is 0 Å². The van der Waals surface area contributed by atoms with Crippen LogP contribution in [0.5, 0.6) is 0 Å². The fourth-order valence-corrected chi connectivity index (χ4v) is 0.820. The molecule has 0 bridgehead atoms. The van der Waals surface area contributed by atoms with E-state index < -0.39 is 0 Å². The predicted octanol–water partition coefficient (Wildman–Crippen LogP) is 2.26.